The van der Waals surface area contributed by atoms with E-state index in [-0.39, 0.29) is 17.9 Å². The molecule has 6 nitrogen and oxygen atoms in total. The van der Waals surface area contributed by atoms with E-state index in [0.717, 1.165) is 49.4 Å². The molecule has 2 N–H and O–H groups in total. The minimum atomic E-state index is -0.528. The van der Waals surface area contributed by atoms with Crippen LogP contribution < -0.4 is 5.32 Å². The third-order valence-corrected chi connectivity index (χ3v) is 5.75. The summed E-state index contributed by atoms with van der Waals surface area (Å²) in [5.74, 6) is 1.15. The van der Waals surface area contributed by atoms with E-state index in [1.54, 1.807) is 0 Å². The van der Waals surface area contributed by atoms with Crippen molar-refractivity contribution in [1.29, 1.82) is 0 Å². The minimum Gasteiger partial charge on any atom is -0.390 e. The lowest BCUT2D eigenvalue weighted by atomic mass is 9.95. The molecular formula is C20H26N4O2. The van der Waals surface area contributed by atoms with Gasteiger partial charge in [-0.05, 0) is 37.1 Å². The minimum absolute atomic E-state index is 0.0209. The zero-order valence-corrected chi connectivity index (χ0v) is 15.1. The van der Waals surface area contributed by atoms with Gasteiger partial charge in [-0.15, -0.1) is 0 Å². The molecule has 2 atom stereocenters. The summed E-state index contributed by atoms with van der Waals surface area (Å²) in [6.07, 6.45) is 5.56. The van der Waals surface area contributed by atoms with Crippen LogP contribution in [-0.4, -0.2) is 44.7 Å². The predicted molar refractivity (Wildman–Crippen MR) is 98.2 cm³/mol. The molecule has 1 fully saturated rings. The highest BCUT2D eigenvalue weighted by molar-refractivity contribution is 5.79. The Bertz CT molecular complexity index is 780. The van der Waals surface area contributed by atoms with Crippen molar-refractivity contribution in [2.24, 2.45) is 13.0 Å². The van der Waals surface area contributed by atoms with E-state index < -0.39 is 6.10 Å². The number of carbonyl (C=O) groups excluding carboxylic acids is 1. The quantitative estimate of drug-likeness (QED) is 0.871. The van der Waals surface area contributed by atoms with E-state index in [0.29, 0.717) is 6.42 Å². The Hall–Kier alpha value is -2.18. The summed E-state index contributed by atoms with van der Waals surface area (Å²) in [7, 11) is 2.01. The Morgan fingerprint density at radius 3 is 2.81 bits per heavy atom. The summed E-state index contributed by atoms with van der Waals surface area (Å²) in [5.41, 5.74) is 2.19. The van der Waals surface area contributed by atoms with Gasteiger partial charge in [-0.25, -0.2) is 4.98 Å². The van der Waals surface area contributed by atoms with Crippen molar-refractivity contribution < 1.29 is 9.90 Å². The molecule has 1 saturated heterocycles. The second kappa shape index (κ2) is 7.21. The molecule has 4 rings (SSSR count). The monoisotopic (exact) mass is 354 g/mol. The lowest BCUT2D eigenvalue weighted by Crippen LogP contribution is -2.43. The second-order valence-electron chi connectivity index (χ2n) is 7.46. The van der Waals surface area contributed by atoms with Crippen molar-refractivity contribution in [2.75, 3.05) is 13.1 Å². The van der Waals surface area contributed by atoms with Crippen LogP contribution in [0.15, 0.2) is 36.7 Å². The highest BCUT2D eigenvalue weighted by atomic mass is 16.3. The molecular weight excluding hydrogens is 328 g/mol. The van der Waals surface area contributed by atoms with Gasteiger partial charge in [-0.2, -0.15) is 0 Å². The molecule has 0 spiro atoms. The maximum Gasteiger partial charge on any atom is 0.223 e. The topological polar surface area (TPSA) is 70.4 Å². The Morgan fingerprint density at radius 1 is 1.31 bits per heavy atom. The molecule has 0 radical (unpaired) electrons. The number of imidazole rings is 1. The average Bonchev–Trinajstić information content (AvgIpc) is 3.19. The summed E-state index contributed by atoms with van der Waals surface area (Å²) < 4.78 is 2.04. The number of hydrogen-bond acceptors (Lipinski definition) is 4. The Labute approximate surface area is 153 Å². The molecule has 1 aromatic heterocycles. The Morgan fingerprint density at radius 2 is 2.08 bits per heavy atom. The zero-order valence-electron chi connectivity index (χ0n) is 15.1. The average molecular weight is 354 g/mol. The maximum absolute atomic E-state index is 12.7. The van der Waals surface area contributed by atoms with Crippen molar-refractivity contribution in [1.82, 2.24) is 19.8 Å². The van der Waals surface area contributed by atoms with Crippen LogP contribution in [0, 0.1) is 5.92 Å². The molecule has 6 heteroatoms. The highest BCUT2D eigenvalue weighted by Crippen LogP contribution is 2.32. The highest BCUT2D eigenvalue weighted by Gasteiger charge is 2.34. The molecule has 1 aliphatic heterocycles. The number of likely N-dealkylation sites (tertiary alicyclic amines) is 1. The maximum atomic E-state index is 12.7. The van der Waals surface area contributed by atoms with Crippen molar-refractivity contribution in [3.63, 3.8) is 0 Å². The first kappa shape index (κ1) is 17.2. The van der Waals surface area contributed by atoms with Crippen molar-refractivity contribution >= 4 is 5.91 Å². The molecule has 0 unspecified atom stereocenters. The van der Waals surface area contributed by atoms with Crippen LogP contribution in [0.25, 0.3) is 0 Å². The fraction of sp³-hybridized carbons (Fsp3) is 0.500. The fourth-order valence-electron chi connectivity index (χ4n) is 4.12. The molecule has 26 heavy (non-hydrogen) atoms. The fourth-order valence-corrected chi connectivity index (χ4v) is 4.12. The van der Waals surface area contributed by atoms with Crippen LogP contribution >= 0.6 is 0 Å². The van der Waals surface area contributed by atoms with Gasteiger partial charge in [0.1, 0.15) is 5.82 Å². The number of piperidine rings is 1. The number of carbonyl (C=O) groups is 1. The summed E-state index contributed by atoms with van der Waals surface area (Å²) in [5, 5.41) is 13.4. The second-order valence-corrected chi connectivity index (χ2v) is 7.46. The van der Waals surface area contributed by atoms with E-state index in [4.69, 9.17) is 0 Å². The van der Waals surface area contributed by atoms with Gasteiger partial charge in [-0.3, -0.25) is 9.69 Å². The number of benzene rings is 1. The van der Waals surface area contributed by atoms with Gasteiger partial charge in [-0.1, -0.05) is 24.3 Å². The van der Waals surface area contributed by atoms with E-state index in [1.165, 1.54) is 0 Å². The number of aryl methyl sites for hydroxylation is 1. The van der Waals surface area contributed by atoms with Gasteiger partial charge in [0.05, 0.1) is 18.7 Å². The van der Waals surface area contributed by atoms with Crippen LogP contribution in [-0.2, 0) is 24.8 Å². The third-order valence-electron chi connectivity index (χ3n) is 5.75. The molecule has 1 amide bonds. The van der Waals surface area contributed by atoms with Gasteiger partial charge < -0.3 is 15.0 Å². The van der Waals surface area contributed by atoms with Crippen molar-refractivity contribution in [3.05, 3.63) is 53.6 Å². The van der Waals surface area contributed by atoms with E-state index >= 15 is 0 Å². The van der Waals surface area contributed by atoms with Gasteiger partial charge in [0.2, 0.25) is 5.91 Å². The Kier molecular flexibility index (Phi) is 4.78. The number of rotatable bonds is 4. The number of aromatic nitrogens is 2. The zero-order chi connectivity index (χ0) is 18.1. The molecule has 1 aromatic carbocycles. The summed E-state index contributed by atoms with van der Waals surface area (Å²) in [6.45, 7) is 2.62. The van der Waals surface area contributed by atoms with Crippen molar-refractivity contribution in [2.45, 2.75) is 38.0 Å². The standard InChI is InChI=1S/C20H26N4O2/c1-23-11-8-21-18(23)13-24-9-6-14(7-10-24)20(26)22-19-16-5-3-2-4-15(16)12-17(19)25/h2-5,8,11,14,17,19,25H,6-7,9-10,12-13H2,1H3,(H,22,26)/t17-,19+/m1/s1. The largest absolute Gasteiger partial charge is 0.390 e. The number of hydrogen-bond donors (Lipinski definition) is 2. The lowest BCUT2D eigenvalue weighted by molar-refractivity contribution is -0.128. The first-order valence-electron chi connectivity index (χ1n) is 9.36. The molecule has 2 aliphatic rings. The van der Waals surface area contributed by atoms with Gasteiger partial charge in [0, 0.05) is 31.8 Å². The number of amides is 1. The van der Waals surface area contributed by atoms with Crippen LogP contribution in [0.4, 0.5) is 0 Å². The first-order chi connectivity index (χ1) is 12.6. The third kappa shape index (κ3) is 3.39. The van der Waals surface area contributed by atoms with Gasteiger partial charge >= 0.3 is 0 Å². The van der Waals surface area contributed by atoms with Gasteiger partial charge in [0.15, 0.2) is 0 Å². The molecule has 138 valence electrons. The van der Waals surface area contributed by atoms with Crippen molar-refractivity contribution in [3.8, 4) is 0 Å². The lowest BCUT2D eigenvalue weighted by Gasteiger charge is -2.32. The number of nitrogens with one attached hydrogen (secondary N) is 1. The molecule has 0 saturated carbocycles. The summed E-state index contributed by atoms with van der Waals surface area (Å²) in [4.78, 5) is 19.5. The normalized spacial score (nSPS) is 23.8. The predicted octanol–water partition coefficient (Wildman–Crippen LogP) is 1.41. The van der Waals surface area contributed by atoms with Crippen LogP contribution in [0.3, 0.4) is 0 Å². The van der Waals surface area contributed by atoms with Crippen LogP contribution in [0.5, 0.6) is 0 Å². The molecule has 0 bridgehead atoms. The van der Waals surface area contributed by atoms with Crippen LogP contribution in [0.1, 0.15) is 35.8 Å². The van der Waals surface area contributed by atoms with Gasteiger partial charge in [0.25, 0.3) is 0 Å². The first-order valence-corrected chi connectivity index (χ1v) is 9.36. The SMILES string of the molecule is Cn1ccnc1CN1CCC(C(=O)N[C@H]2c3ccccc3C[C@H]2O)CC1. The smallest absolute Gasteiger partial charge is 0.223 e. The van der Waals surface area contributed by atoms with E-state index in [9.17, 15) is 9.90 Å². The molecule has 1 aliphatic carbocycles. The number of aliphatic hydroxyl groups excluding tert-OH is 1. The molecule has 2 heterocycles. The van der Waals surface area contributed by atoms with Crippen LogP contribution in [0.2, 0.25) is 0 Å². The number of nitrogens with zero attached hydrogens (tertiary/aromatic N) is 3. The number of aliphatic hydroxyl groups is 1. The number of fused-ring (bicyclic) bond motifs is 1. The van der Waals surface area contributed by atoms with E-state index in [1.807, 2.05) is 48.3 Å². The van der Waals surface area contributed by atoms with E-state index in [2.05, 4.69) is 15.2 Å². The molecule has 2 aromatic rings. The summed E-state index contributed by atoms with van der Waals surface area (Å²) in [6, 6.07) is 7.70. The Balaban J connectivity index is 1.32. The summed E-state index contributed by atoms with van der Waals surface area (Å²) >= 11 is 0.